The minimum absolute atomic E-state index is 0.0269. The maximum absolute atomic E-state index is 12.7. The summed E-state index contributed by atoms with van der Waals surface area (Å²) in [6, 6.07) is 12.7. The minimum Gasteiger partial charge on any atom is -0.492 e. The molecule has 0 spiro atoms. The van der Waals surface area contributed by atoms with Crippen LogP contribution in [0.3, 0.4) is 0 Å². The van der Waals surface area contributed by atoms with Gasteiger partial charge < -0.3 is 9.64 Å². The van der Waals surface area contributed by atoms with E-state index in [1.165, 1.54) is 5.56 Å². The second-order valence-electron chi connectivity index (χ2n) is 8.38. The number of benzene rings is 2. The van der Waals surface area contributed by atoms with E-state index in [9.17, 15) is 13.2 Å². The van der Waals surface area contributed by atoms with E-state index in [2.05, 4.69) is 4.90 Å². The van der Waals surface area contributed by atoms with Gasteiger partial charge in [-0.2, -0.15) is 0 Å². The number of rotatable bonds is 8. The largest absolute Gasteiger partial charge is 0.492 e. The number of halogens is 1. The fraction of sp³-hybridized carbons (Fsp3) is 0.458. The fourth-order valence-electron chi connectivity index (χ4n) is 4.28. The molecule has 0 aromatic heterocycles. The van der Waals surface area contributed by atoms with Crippen LogP contribution >= 0.6 is 11.6 Å². The van der Waals surface area contributed by atoms with Crippen LogP contribution < -0.4 is 4.74 Å². The standard InChI is InChI=1S/C24H29ClN2O4S/c25-21-5-7-22(8-6-21)31-16-15-26-11-13-27(14-12-26)24(28)10-17-32(29,30)23-9-4-19-2-1-3-20(19)18-23/h4-9,18H,1-3,10-17H2. The van der Waals surface area contributed by atoms with Crippen LogP contribution in [0, 0.1) is 0 Å². The molecule has 1 heterocycles. The van der Waals surface area contributed by atoms with E-state index in [1.54, 1.807) is 29.2 Å². The van der Waals surface area contributed by atoms with E-state index >= 15 is 0 Å². The molecule has 172 valence electrons. The second kappa shape index (κ2) is 10.2. The van der Waals surface area contributed by atoms with E-state index in [-0.39, 0.29) is 18.1 Å². The molecule has 0 N–H and O–H groups in total. The Hall–Kier alpha value is -2.09. The number of sulfone groups is 1. The SMILES string of the molecule is O=C(CCS(=O)(=O)c1ccc2c(c1)CCC2)N1CCN(CCOc2ccc(Cl)cc2)CC1. The van der Waals surface area contributed by atoms with Gasteiger partial charge in [-0.05, 0) is 66.8 Å². The Kier molecular flexibility index (Phi) is 7.38. The summed E-state index contributed by atoms with van der Waals surface area (Å²) in [7, 11) is -3.45. The molecular weight excluding hydrogens is 448 g/mol. The van der Waals surface area contributed by atoms with Crippen LogP contribution in [0.15, 0.2) is 47.4 Å². The smallest absolute Gasteiger partial charge is 0.223 e. The molecule has 0 unspecified atom stereocenters. The third kappa shape index (κ3) is 5.82. The highest BCUT2D eigenvalue weighted by Gasteiger charge is 2.24. The lowest BCUT2D eigenvalue weighted by Crippen LogP contribution is -2.49. The highest BCUT2D eigenvalue weighted by Crippen LogP contribution is 2.25. The van der Waals surface area contributed by atoms with Crippen molar-refractivity contribution >= 4 is 27.3 Å². The molecule has 1 saturated heterocycles. The normalized spacial score (nSPS) is 16.7. The molecule has 0 radical (unpaired) electrons. The Bertz CT molecular complexity index is 1050. The summed E-state index contributed by atoms with van der Waals surface area (Å²) in [5, 5.41) is 0.679. The fourth-order valence-corrected chi connectivity index (χ4v) is 5.69. The molecule has 2 aliphatic rings. The van der Waals surface area contributed by atoms with Crippen molar-refractivity contribution in [1.82, 2.24) is 9.80 Å². The number of hydrogen-bond donors (Lipinski definition) is 0. The van der Waals surface area contributed by atoms with Crippen LogP contribution in [0.25, 0.3) is 0 Å². The van der Waals surface area contributed by atoms with Crippen molar-refractivity contribution in [2.24, 2.45) is 0 Å². The molecule has 0 bridgehead atoms. The van der Waals surface area contributed by atoms with Crippen LogP contribution in [-0.2, 0) is 27.5 Å². The lowest BCUT2D eigenvalue weighted by molar-refractivity contribution is -0.132. The molecule has 8 heteroatoms. The molecule has 4 rings (SSSR count). The zero-order chi connectivity index (χ0) is 22.6. The zero-order valence-electron chi connectivity index (χ0n) is 18.1. The van der Waals surface area contributed by atoms with Gasteiger partial charge in [0.15, 0.2) is 9.84 Å². The summed E-state index contributed by atoms with van der Waals surface area (Å²) in [6.45, 7) is 4.07. The first kappa shape index (κ1) is 23.1. The maximum atomic E-state index is 12.7. The highest BCUT2D eigenvalue weighted by atomic mass is 35.5. The minimum atomic E-state index is -3.45. The second-order valence-corrected chi connectivity index (χ2v) is 10.9. The van der Waals surface area contributed by atoms with Crippen LogP contribution in [0.5, 0.6) is 5.75 Å². The van der Waals surface area contributed by atoms with Crippen molar-refractivity contribution in [2.75, 3.05) is 45.1 Å². The molecule has 1 aliphatic heterocycles. The molecule has 1 fully saturated rings. The summed E-state index contributed by atoms with van der Waals surface area (Å²) in [6.07, 6.45) is 3.07. The predicted molar refractivity (Wildman–Crippen MR) is 125 cm³/mol. The molecular formula is C24H29ClN2O4S. The van der Waals surface area contributed by atoms with Gasteiger partial charge in [-0.1, -0.05) is 17.7 Å². The van der Waals surface area contributed by atoms with Crippen LogP contribution in [0.4, 0.5) is 0 Å². The monoisotopic (exact) mass is 476 g/mol. The van der Waals surface area contributed by atoms with Crippen molar-refractivity contribution in [3.05, 3.63) is 58.6 Å². The molecule has 1 amide bonds. The predicted octanol–water partition coefficient (Wildman–Crippen LogP) is 3.22. The highest BCUT2D eigenvalue weighted by molar-refractivity contribution is 7.91. The number of piperazine rings is 1. The van der Waals surface area contributed by atoms with Crippen molar-refractivity contribution in [1.29, 1.82) is 0 Å². The van der Waals surface area contributed by atoms with Gasteiger partial charge >= 0.3 is 0 Å². The number of amides is 1. The number of fused-ring (bicyclic) bond motifs is 1. The van der Waals surface area contributed by atoms with E-state index < -0.39 is 9.84 Å². The molecule has 6 nitrogen and oxygen atoms in total. The molecule has 2 aromatic rings. The Morgan fingerprint density at radius 2 is 1.69 bits per heavy atom. The van der Waals surface area contributed by atoms with E-state index in [0.717, 1.165) is 50.2 Å². The number of hydrogen-bond acceptors (Lipinski definition) is 5. The van der Waals surface area contributed by atoms with Crippen molar-refractivity contribution in [3.63, 3.8) is 0 Å². The van der Waals surface area contributed by atoms with Crippen molar-refractivity contribution in [2.45, 2.75) is 30.6 Å². The molecule has 32 heavy (non-hydrogen) atoms. The number of carbonyl (C=O) groups excluding carboxylic acids is 1. The Balaban J connectivity index is 1.19. The first-order chi connectivity index (χ1) is 15.4. The van der Waals surface area contributed by atoms with Gasteiger partial charge in [0.25, 0.3) is 0 Å². The Morgan fingerprint density at radius 1 is 0.969 bits per heavy atom. The van der Waals surface area contributed by atoms with Gasteiger partial charge in [0.2, 0.25) is 5.91 Å². The van der Waals surface area contributed by atoms with Crippen molar-refractivity contribution in [3.8, 4) is 5.75 Å². The summed E-state index contributed by atoms with van der Waals surface area (Å²) in [5.41, 5.74) is 2.38. The topological polar surface area (TPSA) is 66.9 Å². The molecule has 0 saturated carbocycles. The first-order valence-corrected chi connectivity index (χ1v) is 13.2. The Labute approximate surface area is 195 Å². The third-order valence-corrected chi connectivity index (χ3v) is 8.19. The van der Waals surface area contributed by atoms with E-state index in [0.29, 0.717) is 29.6 Å². The van der Waals surface area contributed by atoms with Gasteiger partial charge in [0.05, 0.1) is 10.6 Å². The van der Waals surface area contributed by atoms with Gasteiger partial charge in [0, 0.05) is 44.2 Å². The summed E-state index contributed by atoms with van der Waals surface area (Å²) in [5.74, 6) is 0.555. The number of carbonyl (C=O) groups is 1. The first-order valence-electron chi connectivity index (χ1n) is 11.1. The Morgan fingerprint density at radius 3 is 2.44 bits per heavy atom. The molecule has 1 aliphatic carbocycles. The van der Waals surface area contributed by atoms with Crippen LogP contribution in [0.1, 0.15) is 24.0 Å². The molecule has 0 atom stereocenters. The summed E-state index contributed by atoms with van der Waals surface area (Å²) >= 11 is 5.88. The van der Waals surface area contributed by atoms with E-state index in [4.69, 9.17) is 16.3 Å². The van der Waals surface area contributed by atoms with E-state index in [1.807, 2.05) is 18.2 Å². The lowest BCUT2D eigenvalue weighted by atomic mass is 10.1. The maximum Gasteiger partial charge on any atom is 0.223 e. The van der Waals surface area contributed by atoms with Gasteiger partial charge in [0.1, 0.15) is 12.4 Å². The summed E-state index contributed by atoms with van der Waals surface area (Å²) in [4.78, 5) is 17.0. The van der Waals surface area contributed by atoms with Gasteiger partial charge in [-0.15, -0.1) is 0 Å². The van der Waals surface area contributed by atoms with Gasteiger partial charge in [-0.3, -0.25) is 9.69 Å². The van der Waals surface area contributed by atoms with Crippen LogP contribution in [-0.4, -0.2) is 69.2 Å². The third-order valence-electron chi connectivity index (χ3n) is 6.23. The summed E-state index contributed by atoms with van der Waals surface area (Å²) < 4.78 is 31.2. The van der Waals surface area contributed by atoms with Crippen LogP contribution in [0.2, 0.25) is 5.02 Å². The average molecular weight is 477 g/mol. The van der Waals surface area contributed by atoms with Crippen molar-refractivity contribution < 1.29 is 17.9 Å². The quantitative estimate of drug-likeness (QED) is 0.585. The number of ether oxygens (including phenoxy) is 1. The average Bonchev–Trinajstić information content (AvgIpc) is 3.27. The number of aryl methyl sites for hydroxylation is 2. The zero-order valence-corrected chi connectivity index (χ0v) is 19.7. The lowest BCUT2D eigenvalue weighted by Gasteiger charge is -2.34. The van der Waals surface area contributed by atoms with Gasteiger partial charge in [-0.25, -0.2) is 8.42 Å². The molecule has 2 aromatic carbocycles. The number of nitrogens with zero attached hydrogens (tertiary/aromatic N) is 2.